The number of aromatic nitrogens is 2. The highest BCUT2D eigenvalue weighted by atomic mass is 32.2. The molecule has 2 aromatic heterocycles. The van der Waals surface area contributed by atoms with Crippen LogP contribution < -0.4 is 14.8 Å². The number of aromatic amines is 1. The van der Waals surface area contributed by atoms with Gasteiger partial charge in [-0.05, 0) is 122 Å². The van der Waals surface area contributed by atoms with Crippen LogP contribution in [-0.4, -0.2) is 72.6 Å². The van der Waals surface area contributed by atoms with Gasteiger partial charge in [-0.1, -0.05) is 36.4 Å². The van der Waals surface area contributed by atoms with Gasteiger partial charge in [-0.25, -0.2) is 22.5 Å². The number of rotatable bonds is 13. The van der Waals surface area contributed by atoms with Crippen LogP contribution in [0.15, 0.2) is 96.2 Å². The van der Waals surface area contributed by atoms with E-state index in [1.807, 2.05) is 6.07 Å². The normalized spacial score (nSPS) is 21.4. The SMILES string of the molecule is O=C(NS(=O)(=O)c1ccc(NCC2CCOCC2)c([N+](=O)[O-])c1)c1ccc(C2=CCC(N3CC(F)CC3c3ccccc3C3CC3)CC2)cc1Oc1cnc2[nH]ccc2c1. The first-order chi connectivity index (χ1) is 29.1. The molecule has 3 fully saturated rings. The minimum Gasteiger partial charge on any atom is -0.455 e. The van der Waals surface area contributed by atoms with Crippen molar-refractivity contribution in [1.29, 1.82) is 0 Å². The molecule has 3 aromatic carbocycles. The summed E-state index contributed by atoms with van der Waals surface area (Å²) in [5, 5.41) is 15.9. The van der Waals surface area contributed by atoms with E-state index in [2.05, 4.69) is 55.2 Å². The van der Waals surface area contributed by atoms with Crippen molar-refractivity contribution in [2.45, 2.75) is 80.4 Å². The lowest BCUT2D eigenvalue weighted by atomic mass is 9.88. The summed E-state index contributed by atoms with van der Waals surface area (Å²) in [5.41, 5.74) is 4.82. The molecule has 0 bridgehead atoms. The number of hydrogen-bond acceptors (Lipinski definition) is 10. The molecular formula is C45H47FN6O7S. The number of hydrogen-bond donors (Lipinski definition) is 3. The van der Waals surface area contributed by atoms with Gasteiger partial charge in [-0.3, -0.25) is 19.8 Å². The summed E-state index contributed by atoms with van der Waals surface area (Å²) < 4.78 is 56.2. The Morgan fingerprint density at radius 1 is 1.02 bits per heavy atom. The van der Waals surface area contributed by atoms with Gasteiger partial charge in [0, 0.05) is 56.0 Å². The molecule has 1 saturated carbocycles. The highest BCUT2D eigenvalue weighted by Crippen LogP contribution is 2.47. The number of nitro benzene ring substituents is 1. The molecule has 5 aromatic rings. The lowest BCUT2D eigenvalue weighted by Crippen LogP contribution is -2.36. The maximum Gasteiger partial charge on any atom is 0.293 e. The number of fused-ring (bicyclic) bond motifs is 1. The van der Waals surface area contributed by atoms with E-state index < -0.39 is 37.6 Å². The first-order valence-electron chi connectivity index (χ1n) is 20.7. The first-order valence-corrected chi connectivity index (χ1v) is 22.2. The Labute approximate surface area is 347 Å². The molecule has 60 heavy (non-hydrogen) atoms. The van der Waals surface area contributed by atoms with Gasteiger partial charge in [0.2, 0.25) is 0 Å². The standard InChI is InChI=1S/C45H47FN6O7S/c46-33-23-41(38-4-2-1-3-37(38)30-5-6-30)51(27-33)34-10-7-29(8-11-34)31-9-13-39(43(22-31)59-35-21-32-15-18-47-44(32)49-26-35)45(53)50-60(56,57)36-12-14-40(42(24-36)52(54)55)48-25-28-16-19-58-20-17-28/h1-4,7,9,12-15,18,21-22,24,26,28,30,33-34,41,48H,5-6,8,10-11,16-17,19-20,23,25,27H2,(H,47,49)(H,50,53). The third kappa shape index (κ3) is 8.51. The Bertz CT molecular complexity index is 2570. The zero-order chi connectivity index (χ0) is 41.4. The number of likely N-dealkylation sites (tertiary alicyclic amines) is 1. The van der Waals surface area contributed by atoms with Crippen LogP contribution in [-0.2, 0) is 14.8 Å². The van der Waals surface area contributed by atoms with E-state index in [-0.39, 0.29) is 35.0 Å². The molecule has 312 valence electrons. The number of nitrogens with zero attached hydrogens (tertiary/aromatic N) is 3. The maximum atomic E-state index is 15.1. The molecule has 3 N–H and O–H groups in total. The van der Waals surface area contributed by atoms with E-state index in [9.17, 15) is 23.3 Å². The summed E-state index contributed by atoms with van der Waals surface area (Å²) in [6.45, 7) is 2.13. The number of H-pyrrole nitrogens is 1. The number of nitro groups is 1. The number of sulfonamides is 1. The highest BCUT2D eigenvalue weighted by Gasteiger charge is 2.40. The molecule has 4 aliphatic rings. The van der Waals surface area contributed by atoms with Crippen molar-refractivity contribution in [2.75, 3.05) is 31.6 Å². The molecular weight excluding hydrogens is 788 g/mol. The molecule has 1 amide bonds. The summed E-state index contributed by atoms with van der Waals surface area (Å²) in [6.07, 6.45) is 11.3. The molecule has 13 nitrogen and oxygen atoms in total. The largest absolute Gasteiger partial charge is 0.455 e. The summed E-state index contributed by atoms with van der Waals surface area (Å²) in [7, 11) is -4.57. The number of carbonyl (C=O) groups excluding carboxylic acids is 1. The highest BCUT2D eigenvalue weighted by molar-refractivity contribution is 7.90. The minimum atomic E-state index is -4.57. The number of amides is 1. The van der Waals surface area contributed by atoms with Crippen LogP contribution in [0.25, 0.3) is 16.6 Å². The number of halogens is 1. The number of alkyl halides is 1. The van der Waals surface area contributed by atoms with Gasteiger partial charge in [-0.2, -0.15) is 0 Å². The lowest BCUT2D eigenvalue weighted by Gasteiger charge is -2.36. The fourth-order valence-electron chi connectivity index (χ4n) is 9.00. The molecule has 0 spiro atoms. The second kappa shape index (κ2) is 16.8. The monoisotopic (exact) mass is 834 g/mol. The van der Waals surface area contributed by atoms with Crippen molar-refractivity contribution in [3.63, 3.8) is 0 Å². The van der Waals surface area contributed by atoms with Crippen LogP contribution in [0.4, 0.5) is 15.8 Å². The first kappa shape index (κ1) is 39.8. The molecule has 9 rings (SSSR count). The van der Waals surface area contributed by atoms with Gasteiger partial charge < -0.3 is 19.8 Å². The van der Waals surface area contributed by atoms with E-state index in [1.54, 1.807) is 24.4 Å². The molecule has 3 unspecified atom stereocenters. The number of nitrogens with one attached hydrogen (secondary N) is 3. The third-order valence-electron chi connectivity index (χ3n) is 12.3. The Balaban J connectivity index is 0.959. The number of benzene rings is 3. The van der Waals surface area contributed by atoms with Crippen molar-refractivity contribution in [3.8, 4) is 11.5 Å². The molecule has 0 radical (unpaired) electrons. The van der Waals surface area contributed by atoms with Gasteiger partial charge in [0.1, 0.15) is 29.0 Å². The van der Waals surface area contributed by atoms with Crippen molar-refractivity contribution < 1.29 is 32.0 Å². The Kier molecular flexibility index (Phi) is 11.1. The van der Waals surface area contributed by atoms with Crippen LogP contribution in [0.1, 0.15) is 90.4 Å². The third-order valence-corrected chi connectivity index (χ3v) is 13.7. The molecule has 4 heterocycles. The van der Waals surface area contributed by atoms with E-state index in [0.29, 0.717) is 56.5 Å². The molecule has 3 atom stereocenters. The van der Waals surface area contributed by atoms with E-state index >= 15 is 4.39 Å². The molecule has 2 aliphatic heterocycles. The lowest BCUT2D eigenvalue weighted by molar-refractivity contribution is -0.384. The zero-order valence-corrected chi connectivity index (χ0v) is 33.8. The smallest absolute Gasteiger partial charge is 0.293 e. The summed E-state index contributed by atoms with van der Waals surface area (Å²) >= 11 is 0. The predicted octanol–water partition coefficient (Wildman–Crippen LogP) is 8.82. The molecule has 15 heteroatoms. The van der Waals surface area contributed by atoms with Gasteiger partial charge >= 0.3 is 0 Å². The summed E-state index contributed by atoms with van der Waals surface area (Å²) in [5.74, 6) is 0.311. The average Bonchev–Trinajstić information content (AvgIpc) is 3.88. The van der Waals surface area contributed by atoms with Gasteiger partial charge in [-0.15, -0.1) is 0 Å². The number of carbonyl (C=O) groups is 1. The van der Waals surface area contributed by atoms with Gasteiger partial charge in [0.05, 0.1) is 21.6 Å². The van der Waals surface area contributed by atoms with Crippen molar-refractivity contribution in [3.05, 3.63) is 124 Å². The number of anilines is 1. The fraction of sp³-hybridized carbons (Fsp3) is 0.378. The van der Waals surface area contributed by atoms with Gasteiger partial charge in [0.15, 0.2) is 0 Å². The minimum absolute atomic E-state index is 0.0414. The quantitative estimate of drug-likeness (QED) is 0.0770. The Morgan fingerprint density at radius 3 is 2.60 bits per heavy atom. The second-order valence-corrected chi connectivity index (χ2v) is 18.0. The van der Waals surface area contributed by atoms with Crippen LogP contribution in [0.2, 0.25) is 0 Å². The summed E-state index contributed by atoms with van der Waals surface area (Å²) in [6, 6.07) is 20.9. The van der Waals surface area contributed by atoms with Crippen LogP contribution in [0.5, 0.6) is 11.5 Å². The van der Waals surface area contributed by atoms with E-state index in [1.165, 1.54) is 48.4 Å². The maximum absolute atomic E-state index is 15.1. The van der Waals surface area contributed by atoms with Crippen LogP contribution in [0.3, 0.4) is 0 Å². The molecule has 2 saturated heterocycles. The van der Waals surface area contributed by atoms with Crippen molar-refractivity contribution in [1.82, 2.24) is 19.6 Å². The summed E-state index contributed by atoms with van der Waals surface area (Å²) in [4.78, 5) is 34.7. The van der Waals surface area contributed by atoms with Crippen LogP contribution in [0, 0.1) is 16.0 Å². The van der Waals surface area contributed by atoms with Crippen molar-refractivity contribution in [2.24, 2.45) is 5.92 Å². The Hall–Kier alpha value is -5.64. The number of ether oxygens (including phenoxy) is 2. The topological polar surface area (TPSA) is 169 Å². The van der Waals surface area contributed by atoms with Crippen molar-refractivity contribution >= 4 is 43.9 Å². The zero-order valence-electron chi connectivity index (χ0n) is 33.0. The van der Waals surface area contributed by atoms with Gasteiger partial charge in [0.25, 0.3) is 21.6 Å². The van der Waals surface area contributed by atoms with E-state index in [0.717, 1.165) is 48.3 Å². The predicted molar refractivity (Wildman–Crippen MR) is 225 cm³/mol. The van der Waals surface area contributed by atoms with E-state index in [4.69, 9.17) is 9.47 Å². The Morgan fingerprint density at radius 2 is 1.83 bits per heavy atom. The fourth-order valence-corrected chi connectivity index (χ4v) is 9.98. The molecule has 2 aliphatic carbocycles. The van der Waals surface area contributed by atoms with Crippen LogP contribution >= 0.6 is 0 Å². The second-order valence-electron chi connectivity index (χ2n) is 16.3. The number of pyridine rings is 1. The number of allylic oxidation sites excluding steroid dienone is 1. The average molecular weight is 835 g/mol.